The number of benzene rings is 1. The molecule has 1 aromatic rings. The Kier molecular flexibility index (Phi) is 8.12. The molecule has 3 nitrogen and oxygen atoms in total. The van der Waals surface area contributed by atoms with Crippen LogP contribution >= 0.6 is 10.7 Å². The number of hydrogen-bond acceptors (Lipinski definition) is 3. The number of hydrogen-bond donors (Lipinski definition) is 0. The van der Waals surface area contributed by atoms with Gasteiger partial charge in [0.15, 0.2) is 0 Å². The predicted molar refractivity (Wildman–Crippen MR) is 87.7 cm³/mol. The molecule has 0 aliphatic carbocycles. The van der Waals surface area contributed by atoms with Crippen molar-refractivity contribution in [1.82, 2.24) is 0 Å². The standard InChI is InChI=1S/C16H25ClO3S/c1-3-4-5-6-7-8-9-12-20-16-11-10-15(13-14(16)2)21(17,18)19/h10-11,13H,3-9,12H2,1-2H3. The molecule has 0 aliphatic rings. The Morgan fingerprint density at radius 3 is 2.24 bits per heavy atom. The van der Waals surface area contributed by atoms with Gasteiger partial charge >= 0.3 is 0 Å². The first-order valence-electron chi connectivity index (χ1n) is 7.63. The fourth-order valence-corrected chi connectivity index (χ4v) is 3.01. The van der Waals surface area contributed by atoms with E-state index in [1.54, 1.807) is 12.1 Å². The topological polar surface area (TPSA) is 43.4 Å². The van der Waals surface area contributed by atoms with Gasteiger partial charge in [0.05, 0.1) is 11.5 Å². The molecule has 5 heteroatoms. The lowest BCUT2D eigenvalue weighted by Crippen LogP contribution is -2.00. The van der Waals surface area contributed by atoms with Crippen LogP contribution in [-0.4, -0.2) is 15.0 Å². The number of unbranched alkanes of at least 4 members (excludes halogenated alkanes) is 6. The predicted octanol–water partition coefficient (Wildman–Crippen LogP) is 5.05. The van der Waals surface area contributed by atoms with E-state index < -0.39 is 9.05 Å². The Bertz CT molecular complexity index is 526. The Labute approximate surface area is 133 Å². The third-order valence-corrected chi connectivity index (χ3v) is 4.78. The van der Waals surface area contributed by atoms with Gasteiger partial charge in [-0.3, -0.25) is 0 Å². The summed E-state index contributed by atoms with van der Waals surface area (Å²) in [6.45, 7) is 4.71. The summed E-state index contributed by atoms with van der Waals surface area (Å²) in [5, 5.41) is 0. The first-order valence-corrected chi connectivity index (χ1v) is 9.94. The second kappa shape index (κ2) is 9.31. The lowest BCUT2D eigenvalue weighted by atomic mass is 10.1. The van der Waals surface area contributed by atoms with E-state index in [1.165, 1.54) is 44.6 Å². The Balaban J connectivity index is 2.30. The molecule has 0 aliphatic heterocycles. The lowest BCUT2D eigenvalue weighted by Gasteiger charge is -2.10. The zero-order valence-electron chi connectivity index (χ0n) is 12.9. The minimum Gasteiger partial charge on any atom is -0.493 e. The van der Waals surface area contributed by atoms with Crippen molar-refractivity contribution in [3.63, 3.8) is 0 Å². The first kappa shape index (κ1) is 18.3. The van der Waals surface area contributed by atoms with Gasteiger partial charge < -0.3 is 4.74 Å². The summed E-state index contributed by atoms with van der Waals surface area (Å²) in [5.41, 5.74) is 0.791. The highest BCUT2D eigenvalue weighted by atomic mass is 35.7. The minimum atomic E-state index is -3.67. The molecular formula is C16H25ClO3S. The van der Waals surface area contributed by atoms with E-state index in [4.69, 9.17) is 15.4 Å². The first-order chi connectivity index (χ1) is 9.95. The summed E-state index contributed by atoms with van der Waals surface area (Å²) in [5.74, 6) is 0.727. The van der Waals surface area contributed by atoms with Crippen LogP contribution in [0.3, 0.4) is 0 Å². The van der Waals surface area contributed by atoms with Crippen LogP contribution < -0.4 is 4.74 Å². The van der Waals surface area contributed by atoms with Gasteiger partial charge in [-0.1, -0.05) is 45.4 Å². The fraction of sp³-hybridized carbons (Fsp3) is 0.625. The number of ether oxygens (including phenoxy) is 1. The molecule has 1 aromatic carbocycles. The van der Waals surface area contributed by atoms with E-state index in [1.807, 2.05) is 6.92 Å². The highest BCUT2D eigenvalue weighted by molar-refractivity contribution is 8.13. The molecule has 0 heterocycles. The Morgan fingerprint density at radius 1 is 1.05 bits per heavy atom. The van der Waals surface area contributed by atoms with Crippen molar-refractivity contribution in [2.75, 3.05) is 6.61 Å². The largest absolute Gasteiger partial charge is 0.493 e. The number of aryl methyl sites for hydroxylation is 1. The van der Waals surface area contributed by atoms with Gasteiger partial charge in [-0.25, -0.2) is 8.42 Å². The van der Waals surface area contributed by atoms with Gasteiger partial charge in [-0.2, -0.15) is 0 Å². The molecule has 1 rings (SSSR count). The van der Waals surface area contributed by atoms with Crippen LogP contribution in [0, 0.1) is 6.92 Å². The van der Waals surface area contributed by atoms with E-state index in [-0.39, 0.29) is 4.90 Å². The zero-order valence-corrected chi connectivity index (χ0v) is 14.5. The van der Waals surface area contributed by atoms with E-state index in [0.717, 1.165) is 17.7 Å². The molecule has 21 heavy (non-hydrogen) atoms. The molecule has 120 valence electrons. The molecule has 0 saturated carbocycles. The molecule has 0 amide bonds. The Hall–Kier alpha value is -0.740. The van der Waals surface area contributed by atoms with Crippen molar-refractivity contribution in [3.05, 3.63) is 23.8 Å². The van der Waals surface area contributed by atoms with Crippen molar-refractivity contribution in [1.29, 1.82) is 0 Å². The average Bonchev–Trinajstić information content (AvgIpc) is 2.42. The smallest absolute Gasteiger partial charge is 0.261 e. The van der Waals surface area contributed by atoms with Crippen LogP contribution in [0.5, 0.6) is 5.75 Å². The summed E-state index contributed by atoms with van der Waals surface area (Å²) < 4.78 is 28.2. The van der Waals surface area contributed by atoms with Crippen LogP contribution in [0.25, 0.3) is 0 Å². The maximum Gasteiger partial charge on any atom is 0.261 e. The molecule has 0 radical (unpaired) electrons. The molecule has 0 atom stereocenters. The molecule has 0 bridgehead atoms. The fourth-order valence-electron chi connectivity index (χ4n) is 2.18. The Morgan fingerprint density at radius 2 is 1.67 bits per heavy atom. The third kappa shape index (κ3) is 7.18. The normalized spacial score (nSPS) is 11.6. The summed E-state index contributed by atoms with van der Waals surface area (Å²) >= 11 is 0. The van der Waals surface area contributed by atoms with E-state index in [2.05, 4.69) is 6.92 Å². The third-order valence-electron chi connectivity index (χ3n) is 3.43. The van der Waals surface area contributed by atoms with Crippen LogP contribution in [0.15, 0.2) is 23.1 Å². The quantitative estimate of drug-likeness (QED) is 0.444. The van der Waals surface area contributed by atoms with Crippen LogP contribution in [0.2, 0.25) is 0 Å². The minimum absolute atomic E-state index is 0.116. The maximum absolute atomic E-state index is 11.2. The van der Waals surface area contributed by atoms with Crippen molar-refractivity contribution in [2.45, 2.75) is 63.7 Å². The summed E-state index contributed by atoms with van der Waals surface area (Å²) in [4.78, 5) is 0.116. The maximum atomic E-state index is 11.2. The van der Waals surface area contributed by atoms with E-state index in [9.17, 15) is 8.42 Å². The molecule has 0 unspecified atom stereocenters. The summed E-state index contributed by atoms with van der Waals surface area (Å²) in [6, 6.07) is 4.70. The molecule has 0 fully saturated rings. The van der Waals surface area contributed by atoms with Crippen LogP contribution in [0.1, 0.15) is 57.4 Å². The average molecular weight is 333 g/mol. The van der Waals surface area contributed by atoms with Crippen LogP contribution in [0.4, 0.5) is 0 Å². The molecular weight excluding hydrogens is 308 g/mol. The van der Waals surface area contributed by atoms with Gasteiger partial charge in [-0.15, -0.1) is 0 Å². The van der Waals surface area contributed by atoms with Gasteiger partial charge in [0.2, 0.25) is 0 Å². The zero-order chi connectivity index (χ0) is 15.7. The molecule has 0 N–H and O–H groups in total. The van der Waals surface area contributed by atoms with E-state index in [0.29, 0.717) is 6.61 Å². The number of rotatable bonds is 10. The van der Waals surface area contributed by atoms with Crippen molar-refractivity contribution < 1.29 is 13.2 Å². The van der Waals surface area contributed by atoms with Crippen molar-refractivity contribution in [2.24, 2.45) is 0 Å². The monoisotopic (exact) mass is 332 g/mol. The van der Waals surface area contributed by atoms with Crippen LogP contribution in [-0.2, 0) is 9.05 Å². The summed E-state index contributed by atoms with van der Waals surface area (Å²) in [6.07, 6.45) is 8.69. The van der Waals surface area contributed by atoms with Gasteiger partial charge in [0.1, 0.15) is 5.75 Å². The second-order valence-corrected chi connectivity index (χ2v) is 7.90. The molecule has 0 spiro atoms. The van der Waals surface area contributed by atoms with E-state index >= 15 is 0 Å². The highest BCUT2D eigenvalue weighted by Gasteiger charge is 2.11. The van der Waals surface area contributed by atoms with Crippen molar-refractivity contribution in [3.8, 4) is 5.75 Å². The second-order valence-electron chi connectivity index (χ2n) is 5.33. The van der Waals surface area contributed by atoms with Gasteiger partial charge in [0.25, 0.3) is 9.05 Å². The van der Waals surface area contributed by atoms with Gasteiger partial charge in [0, 0.05) is 10.7 Å². The highest BCUT2D eigenvalue weighted by Crippen LogP contribution is 2.24. The molecule has 0 aromatic heterocycles. The van der Waals surface area contributed by atoms with Gasteiger partial charge in [-0.05, 0) is 37.1 Å². The SMILES string of the molecule is CCCCCCCCCOc1ccc(S(=O)(=O)Cl)cc1C. The van der Waals surface area contributed by atoms with Crippen molar-refractivity contribution >= 4 is 19.7 Å². The molecule has 0 saturated heterocycles. The summed E-state index contributed by atoms with van der Waals surface area (Å²) in [7, 11) is 1.65. The number of halogens is 1. The lowest BCUT2D eigenvalue weighted by molar-refractivity contribution is 0.302.